The summed E-state index contributed by atoms with van der Waals surface area (Å²) in [5, 5.41) is 3.21. The number of nitrogens with zero attached hydrogens (tertiary/aromatic N) is 3. The Morgan fingerprint density at radius 2 is 1.73 bits per heavy atom. The predicted octanol–water partition coefficient (Wildman–Crippen LogP) is 1.96. The van der Waals surface area contributed by atoms with Gasteiger partial charge < -0.3 is 15.1 Å². The second-order valence-electron chi connectivity index (χ2n) is 7.24. The van der Waals surface area contributed by atoms with Gasteiger partial charge in [0, 0.05) is 51.4 Å². The molecule has 2 aliphatic heterocycles. The van der Waals surface area contributed by atoms with E-state index in [1.807, 2.05) is 24.1 Å². The highest BCUT2D eigenvalue weighted by atomic mass is 35.5. The number of carbonyl (C=O) groups excluding carboxylic acids is 1. The molecule has 0 spiro atoms. The Bertz CT molecular complexity index is 547. The minimum atomic E-state index is 0. The average molecular weight is 403 g/mol. The van der Waals surface area contributed by atoms with E-state index in [-0.39, 0.29) is 30.7 Å². The SMILES string of the molecule is CNCC1CCN(C(=O)c2ccc(CN3CCN(C)CC3)cc2)C1.Cl.Cl. The highest BCUT2D eigenvalue weighted by Crippen LogP contribution is 2.19. The molecule has 0 radical (unpaired) electrons. The molecule has 5 nitrogen and oxygen atoms in total. The fourth-order valence-corrected chi connectivity index (χ4v) is 3.67. The molecule has 7 heteroatoms. The summed E-state index contributed by atoms with van der Waals surface area (Å²) in [6, 6.07) is 8.23. The molecule has 0 aromatic heterocycles. The maximum Gasteiger partial charge on any atom is 0.253 e. The van der Waals surface area contributed by atoms with Crippen LogP contribution in [0.3, 0.4) is 0 Å². The normalized spacial score (nSPS) is 21.2. The number of hydrogen-bond donors (Lipinski definition) is 1. The first-order valence-electron chi connectivity index (χ1n) is 9.09. The molecule has 3 rings (SSSR count). The van der Waals surface area contributed by atoms with Crippen LogP contribution in [0.25, 0.3) is 0 Å². The van der Waals surface area contributed by atoms with Gasteiger partial charge in [0.1, 0.15) is 0 Å². The van der Waals surface area contributed by atoms with Crippen LogP contribution in [0, 0.1) is 5.92 Å². The van der Waals surface area contributed by atoms with Gasteiger partial charge in [-0.2, -0.15) is 0 Å². The van der Waals surface area contributed by atoms with Crippen LogP contribution in [0.1, 0.15) is 22.3 Å². The van der Waals surface area contributed by atoms with E-state index in [4.69, 9.17) is 0 Å². The zero-order valence-corrected chi connectivity index (χ0v) is 17.5. The van der Waals surface area contributed by atoms with Gasteiger partial charge in [-0.1, -0.05) is 12.1 Å². The van der Waals surface area contributed by atoms with Crippen molar-refractivity contribution in [3.63, 3.8) is 0 Å². The van der Waals surface area contributed by atoms with Crippen LogP contribution in [-0.4, -0.2) is 80.5 Å². The molecule has 0 aliphatic carbocycles. The van der Waals surface area contributed by atoms with E-state index in [1.165, 1.54) is 5.56 Å². The highest BCUT2D eigenvalue weighted by molar-refractivity contribution is 5.94. The first-order chi connectivity index (χ1) is 11.7. The van der Waals surface area contributed by atoms with Crippen LogP contribution >= 0.6 is 24.8 Å². The monoisotopic (exact) mass is 402 g/mol. The molecule has 1 unspecified atom stereocenters. The molecule has 1 aromatic rings. The molecule has 1 atom stereocenters. The van der Waals surface area contributed by atoms with Crippen molar-refractivity contribution in [2.24, 2.45) is 5.92 Å². The fraction of sp³-hybridized carbons (Fsp3) is 0.632. The van der Waals surface area contributed by atoms with Crippen molar-refractivity contribution in [3.05, 3.63) is 35.4 Å². The van der Waals surface area contributed by atoms with Crippen molar-refractivity contribution in [2.45, 2.75) is 13.0 Å². The van der Waals surface area contributed by atoms with E-state index in [2.05, 4.69) is 34.3 Å². The largest absolute Gasteiger partial charge is 0.338 e. The van der Waals surface area contributed by atoms with E-state index in [0.717, 1.165) is 64.3 Å². The topological polar surface area (TPSA) is 38.8 Å². The standard InChI is InChI=1S/C19H30N4O.2ClH/c1-20-13-17-7-8-23(15-17)19(24)18-5-3-16(4-6-18)14-22-11-9-21(2)10-12-22;;/h3-6,17,20H,7-15H2,1-2H3;2*1H. The molecular weight excluding hydrogens is 371 g/mol. The molecule has 0 bridgehead atoms. The molecule has 2 saturated heterocycles. The van der Waals surface area contributed by atoms with E-state index < -0.39 is 0 Å². The van der Waals surface area contributed by atoms with Gasteiger partial charge >= 0.3 is 0 Å². The van der Waals surface area contributed by atoms with Gasteiger partial charge in [0.25, 0.3) is 5.91 Å². The van der Waals surface area contributed by atoms with E-state index in [9.17, 15) is 4.79 Å². The molecule has 1 N–H and O–H groups in total. The number of carbonyl (C=O) groups is 1. The third kappa shape index (κ3) is 6.10. The maximum absolute atomic E-state index is 12.6. The van der Waals surface area contributed by atoms with Gasteiger partial charge in [0.05, 0.1) is 0 Å². The molecule has 2 aliphatic rings. The third-order valence-corrected chi connectivity index (χ3v) is 5.27. The zero-order valence-electron chi connectivity index (χ0n) is 15.8. The van der Waals surface area contributed by atoms with Gasteiger partial charge in [0.2, 0.25) is 0 Å². The summed E-state index contributed by atoms with van der Waals surface area (Å²) in [5.41, 5.74) is 2.12. The summed E-state index contributed by atoms with van der Waals surface area (Å²) in [6.45, 7) is 8.26. The van der Waals surface area contributed by atoms with Crippen LogP contribution in [0.2, 0.25) is 0 Å². The summed E-state index contributed by atoms with van der Waals surface area (Å²) < 4.78 is 0. The summed E-state index contributed by atoms with van der Waals surface area (Å²) in [4.78, 5) is 19.5. The Hall–Kier alpha value is -0.850. The zero-order chi connectivity index (χ0) is 16.9. The Morgan fingerprint density at radius 1 is 1.08 bits per heavy atom. The number of halogens is 2. The minimum Gasteiger partial charge on any atom is -0.338 e. The molecule has 1 aromatic carbocycles. The number of likely N-dealkylation sites (N-methyl/N-ethyl adjacent to an activating group) is 1. The number of nitrogens with one attached hydrogen (secondary N) is 1. The average Bonchev–Trinajstić information content (AvgIpc) is 3.06. The third-order valence-electron chi connectivity index (χ3n) is 5.27. The van der Waals surface area contributed by atoms with Crippen molar-refractivity contribution in [1.82, 2.24) is 20.0 Å². The van der Waals surface area contributed by atoms with Gasteiger partial charge in [0.15, 0.2) is 0 Å². The number of amides is 1. The summed E-state index contributed by atoms with van der Waals surface area (Å²) in [7, 11) is 4.15. The molecule has 2 fully saturated rings. The Kier molecular flexibility index (Phi) is 9.90. The lowest BCUT2D eigenvalue weighted by Crippen LogP contribution is -2.43. The predicted molar refractivity (Wildman–Crippen MR) is 112 cm³/mol. The van der Waals surface area contributed by atoms with Crippen LogP contribution in [-0.2, 0) is 6.54 Å². The van der Waals surface area contributed by atoms with Crippen molar-refractivity contribution in [2.75, 3.05) is 59.9 Å². The van der Waals surface area contributed by atoms with E-state index in [0.29, 0.717) is 5.92 Å². The van der Waals surface area contributed by atoms with Gasteiger partial charge in [-0.15, -0.1) is 24.8 Å². The lowest BCUT2D eigenvalue weighted by molar-refractivity contribution is 0.0787. The smallest absolute Gasteiger partial charge is 0.253 e. The second-order valence-corrected chi connectivity index (χ2v) is 7.24. The molecule has 0 saturated carbocycles. The number of hydrogen-bond acceptors (Lipinski definition) is 4. The molecular formula is C19H32Cl2N4O. The molecule has 2 heterocycles. The molecule has 26 heavy (non-hydrogen) atoms. The van der Waals surface area contributed by atoms with Crippen molar-refractivity contribution < 1.29 is 4.79 Å². The second kappa shape index (κ2) is 11.1. The maximum atomic E-state index is 12.6. The Balaban J connectivity index is 0.00000169. The fourth-order valence-electron chi connectivity index (χ4n) is 3.67. The number of rotatable bonds is 5. The highest BCUT2D eigenvalue weighted by Gasteiger charge is 2.26. The van der Waals surface area contributed by atoms with Crippen LogP contribution < -0.4 is 5.32 Å². The lowest BCUT2D eigenvalue weighted by Gasteiger charge is -2.32. The summed E-state index contributed by atoms with van der Waals surface area (Å²) in [6.07, 6.45) is 1.11. The Labute approximate surface area is 169 Å². The van der Waals surface area contributed by atoms with Gasteiger partial charge in [-0.3, -0.25) is 9.69 Å². The van der Waals surface area contributed by atoms with Gasteiger partial charge in [-0.25, -0.2) is 0 Å². The first-order valence-corrected chi connectivity index (χ1v) is 9.09. The summed E-state index contributed by atoms with van der Waals surface area (Å²) in [5.74, 6) is 0.773. The lowest BCUT2D eigenvalue weighted by atomic mass is 10.1. The first kappa shape index (κ1) is 23.2. The van der Waals surface area contributed by atoms with Crippen molar-refractivity contribution in [1.29, 1.82) is 0 Å². The van der Waals surface area contributed by atoms with Crippen LogP contribution in [0.4, 0.5) is 0 Å². The van der Waals surface area contributed by atoms with E-state index >= 15 is 0 Å². The quantitative estimate of drug-likeness (QED) is 0.816. The Morgan fingerprint density at radius 3 is 2.35 bits per heavy atom. The van der Waals surface area contributed by atoms with E-state index in [1.54, 1.807) is 0 Å². The molecule has 148 valence electrons. The van der Waals surface area contributed by atoms with Gasteiger partial charge in [-0.05, 0) is 50.7 Å². The van der Waals surface area contributed by atoms with Crippen molar-refractivity contribution >= 4 is 30.7 Å². The van der Waals surface area contributed by atoms with Crippen LogP contribution in [0.15, 0.2) is 24.3 Å². The minimum absolute atomic E-state index is 0. The van der Waals surface area contributed by atoms with Crippen molar-refractivity contribution in [3.8, 4) is 0 Å². The number of likely N-dealkylation sites (tertiary alicyclic amines) is 1. The molecule has 1 amide bonds. The number of piperazine rings is 1. The number of benzene rings is 1. The summed E-state index contributed by atoms with van der Waals surface area (Å²) >= 11 is 0. The van der Waals surface area contributed by atoms with Crippen LogP contribution in [0.5, 0.6) is 0 Å².